The van der Waals surface area contributed by atoms with E-state index in [0.29, 0.717) is 11.3 Å². The number of methoxy groups -OCH3 is 1. The summed E-state index contributed by atoms with van der Waals surface area (Å²) >= 11 is 0. The fourth-order valence-electron chi connectivity index (χ4n) is 3.61. The van der Waals surface area contributed by atoms with Crippen LogP contribution in [-0.4, -0.2) is 25.4 Å². The van der Waals surface area contributed by atoms with E-state index in [1.54, 1.807) is 31.2 Å². The molecule has 2 fully saturated rings. The lowest BCUT2D eigenvalue weighted by molar-refractivity contribution is -0.213. The minimum absolute atomic E-state index is 0.293. The van der Waals surface area contributed by atoms with E-state index in [4.69, 9.17) is 19.6 Å². The highest BCUT2D eigenvalue weighted by Crippen LogP contribution is 2.63. The first-order valence-corrected chi connectivity index (χ1v) is 7.23. The Kier molecular flexibility index (Phi) is 3.27. The summed E-state index contributed by atoms with van der Waals surface area (Å²) in [4.78, 5) is 0. The van der Waals surface area contributed by atoms with Gasteiger partial charge in [-0.15, -0.1) is 0 Å². The van der Waals surface area contributed by atoms with Gasteiger partial charge in [-0.25, -0.2) is 0 Å². The number of nitriles is 3. The second-order valence-electron chi connectivity index (χ2n) is 5.99. The van der Waals surface area contributed by atoms with Crippen LogP contribution in [0.2, 0.25) is 0 Å². The quantitative estimate of drug-likeness (QED) is 0.889. The van der Waals surface area contributed by atoms with Crippen LogP contribution < -0.4 is 4.74 Å². The second kappa shape index (κ2) is 4.96. The summed E-state index contributed by atoms with van der Waals surface area (Å²) < 4.78 is 16.4. The molecule has 0 saturated carbocycles. The summed E-state index contributed by atoms with van der Waals surface area (Å²) in [7, 11) is 1.54. The van der Waals surface area contributed by atoms with Crippen molar-refractivity contribution in [1.29, 1.82) is 21.2 Å². The number of nitrogens with zero attached hydrogens (tertiary/aromatic N) is 3. The van der Waals surface area contributed by atoms with E-state index in [1.165, 1.54) is 7.11 Å². The number of hydrogen-bond donors (Lipinski definition) is 1. The Balaban J connectivity index is 2.27. The second-order valence-corrected chi connectivity index (χ2v) is 5.99. The van der Waals surface area contributed by atoms with Crippen molar-refractivity contribution in [3.63, 3.8) is 0 Å². The van der Waals surface area contributed by atoms with E-state index < -0.39 is 28.4 Å². The summed E-state index contributed by atoms with van der Waals surface area (Å²) in [5.74, 6) is -1.87. The molecule has 3 rings (SSSR count). The Bertz CT molecular complexity index is 815. The van der Waals surface area contributed by atoms with Crippen molar-refractivity contribution in [2.45, 2.75) is 18.6 Å². The molecule has 1 aromatic carbocycles. The van der Waals surface area contributed by atoms with E-state index in [9.17, 15) is 15.8 Å². The lowest BCUT2D eigenvalue weighted by Crippen LogP contribution is -2.56. The first kappa shape index (κ1) is 15.8. The number of nitrogens with one attached hydrogen (secondary N) is 1. The van der Waals surface area contributed by atoms with Gasteiger partial charge < -0.3 is 14.2 Å². The zero-order chi connectivity index (χ0) is 17.6. The summed E-state index contributed by atoms with van der Waals surface area (Å²) in [6, 6.07) is 12.7. The van der Waals surface area contributed by atoms with E-state index >= 15 is 0 Å². The highest BCUT2D eigenvalue weighted by Gasteiger charge is 2.76. The Morgan fingerprint density at radius 1 is 1.17 bits per heavy atom. The summed E-state index contributed by atoms with van der Waals surface area (Å²) in [5, 5.41) is 37.4. The molecule has 2 aliphatic heterocycles. The highest BCUT2D eigenvalue weighted by atomic mass is 16.7. The van der Waals surface area contributed by atoms with Gasteiger partial charge in [-0.2, -0.15) is 15.8 Å². The normalized spacial score (nSPS) is 32.8. The maximum atomic E-state index is 9.93. The zero-order valence-corrected chi connectivity index (χ0v) is 13.2. The Morgan fingerprint density at radius 2 is 1.79 bits per heavy atom. The Morgan fingerprint density at radius 3 is 2.29 bits per heavy atom. The Labute approximate surface area is 139 Å². The van der Waals surface area contributed by atoms with E-state index in [-0.39, 0.29) is 6.61 Å². The molecule has 7 nitrogen and oxygen atoms in total. The van der Waals surface area contributed by atoms with Gasteiger partial charge in [0.15, 0.2) is 10.8 Å². The first-order chi connectivity index (χ1) is 11.4. The SMILES string of the molecule is COc1ccc(C2C3(C)OCC(C#N)(C#N)C2(C#N)C(=N)O3)cc1. The van der Waals surface area contributed by atoms with Gasteiger partial charge in [-0.05, 0) is 17.7 Å². The number of benzene rings is 1. The molecule has 120 valence electrons. The molecule has 3 unspecified atom stereocenters. The van der Waals surface area contributed by atoms with Crippen molar-refractivity contribution in [2.75, 3.05) is 13.7 Å². The van der Waals surface area contributed by atoms with Crippen LogP contribution in [0, 0.1) is 50.2 Å². The van der Waals surface area contributed by atoms with Crippen LogP contribution in [0.15, 0.2) is 24.3 Å². The van der Waals surface area contributed by atoms with Crippen LogP contribution in [0.4, 0.5) is 0 Å². The van der Waals surface area contributed by atoms with Gasteiger partial charge in [0.25, 0.3) is 0 Å². The third-order valence-corrected chi connectivity index (χ3v) is 4.88. The molecule has 0 spiro atoms. The summed E-state index contributed by atoms with van der Waals surface area (Å²) in [6.45, 7) is 1.33. The zero-order valence-electron chi connectivity index (χ0n) is 13.2. The van der Waals surface area contributed by atoms with Crippen LogP contribution in [0.1, 0.15) is 18.4 Å². The van der Waals surface area contributed by atoms with Gasteiger partial charge in [0.1, 0.15) is 5.75 Å². The largest absolute Gasteiger partial charge is 0.497 e. The molecule has 2 heterocycles. The van der Waals surface area contributed by atoms with E-state index in [2.05, 4.69) is 0 Å². The number of ether oxygens (including phenoxy) is 3. The molecule has 0 aliphatic carbocycles. The van der Waals surface area contributed by atoms with Gasteiger partial charge in [0.2, 0.25) is 11.7 Å². The van der Waals surface area contributed by atoms with Crippen LogP contribution >= 0.6 is 0 Å². The number of rotatable bonds is 2. The molecular weight excluding hydrogens is 308 g/mol. The number of fused-ring (bicyclic) bond motifs is 2. The van der Waals surface area contributed by atoms with Crippen LogP contribution in [-0.2, 0) is 9.47 Å². The van der Waals surface area contributed by atoms with E-state index in [0.717, 1.165) is 0 Å². The molecule has 2 saturated heterocycles. The number of hydrogen-bond acceptors (Lipinski definition) is 7. The molecular formula is C17H14N4O3. The summed E-state index contributed by atoms with van der Waals surface area (Å²) in [5.41, 5.74) is -2.92. The van der Waals surface area contributed by atoms with Crippen molar-refractivity contribution in [1.82, 2.24) is 0 Å². The topological polar surface area (TPSA) is 123 Å². The molecule has 7 heteroatoms. The van der Waals surface area contributed by atoms with Gasteiger partial charge in [0, 0.05) is 6.92 Å². The van der Waals surface area contributed by atoms with Crippen molar-refractivity contribution in [3.05, 3.63) is 29.8 Å². The fraction of sp³-hybridized carbons (Fsp3) is 0.412. The van der Waals surface area contributed by atoms with Crippen molar-refractivity contribution < 1.29 is 14.2 Å². The molecule has 0 radical (unpaired) electrons. The maximum Gasteiger partial charge on any atom is 0.218 e. The van der Waals surface area contributed by atoms with Crippen LogP contribution in [0.25, 0.3) is 0 Å². The molecule has 3 atom stereocenters. The molecule has 24 heavy (non-hydrogen) atoms. The first-order valence-electron chi connectivity index (χ1n) is 7.23. The van der Waals surface area contributed by atoms with Crippen molar-refractivity contribution in [2.24, 2.45) is 10.8 Å². The van der Waals surface area contributed by atoms with E-state index in [1.807, 2.05) is 18.2 Å². The third-order valence-electron chi connectivity index (χ3n) is 4.88. The molecule has 1 N–H and O–H groups in total. The lowest BCUT2D eigenvalue weighted by Gasteiger charge is -2.44. The molecule has 2 bridgehead atoms. The third kappa shape index (κ3) is 1.64. The van der Waals surface area contributed by atoms with Gasteiger partial charge in [0.05, 0.1) is 37.8 Å². The molecule has 2 aliphatic rings. The standard InChI is InChI=1S/C17H14N4O3/c1-15-13(11-3-5-12(22-2)6-4-11)17(9-20,14(21)24-15)16(7-18,8-19)10-23-15/h3-6,13,21H,10H2,1-2H3. The minimum atomic E-state index is -1.82. The predicted octanol–water partition coefficient (Wildman–Crippen LogP) is 2.08. The summed E-state index contributed by atoms with van der Waals surface area (Å²) in [6.07, 6.45) is 0. The van der Waals surface area contributed by atoms with Crippen LogP contribution in [0.3, 0.4) is 0 Å². The molecule has 1 aromatic rings. The lowest BCUT2D eigenvalue weighted by atomic mass is 9.55. The Hall–Kier alpha value is -3.08. The maximum absolute atomic E-state index is 9.93. The van der Waals surface area contributed by atoms with Gasteiger partial charge >= 0.3 is 0 Å². The van der Waals surface area contributed by atoms with Crippen LogP contribution in [0.5, 0.6) is 5.75 Å². The monoisotopic (exact) mass is 322 g/mol. The van der Waals surface area contributed by atoms with Gasteiger partial charge in [-0.1, -0.05) is 12.1 Å². The average Bonchev–Trinajstić information content (AvgIpc) is 2.79. The fourth-order valence-corrected chi connectivity index (χ4v) is 3.61. The predicted molar refractivity (Wildman–Crippen MR) is 80.6 cm³/mol. The molecule has 0 amide bonds. The highest BCUT2D eigenvalue weighted by molar-refractivity contribution is 5.90. The minimum Gasteiger partial charge on any atom is -0.497 e. The molecule has 0 aromatic heterocycles. The van der Waals surface area contributed by atoms with Gasteiger partial charge in [-0.3, -0.25) is 5.41 Å². The van der Waals surface area contributed by atoms with Crippen molar-refractivity contribution >= 4 is 5.90 Å². The average molecular weight is 322 g/mol. The van der Waals surface area contributed by atoms with Crippen molar-refractivity contribution in [3.8, 4) is 24.0 Å². The smallest absolute Gasteiger partial charge is 0.218 e.